The number of hydrogen-bond donors (Lipinski definition) is 2. The first kappa shape index (κ1) is 19.1. The van der Waals surface area contributed by atoms with Crippen LogP contribution in [-0.2, 0) is 14.8 Å². The fourth-order valence-corrected chi connectivity index (χ4v) is 3.56. The summed E-state index contributed by atoms with van der Waals surface area (Å²) in [6.07, 6.45) is 1.99. The summed E-state index contributed by atoms with van der Waals surface area (Å²) < 4.78 is 31.3. The average Bonchev–Trinajstić information content (AvgIpc) is 2.26. The maximum Gasteiger partial charge on any atom is 0.214 e. The van der Waals surface area contributed by atoms with Crippen LogP contribution in [0.15, 0.2) is 0 Å². The van der Waals surface area contributed by atoms with Gasteiger partial charge >= 0.3 is 0 Å². The lowest BCUT2D eigenvalue weighted by Crippen LogP contribution is -2.53. The van der Waals surface area contributed by atoms with Crippen LogP contribution in [0.4, 0.5) is 0 Å². The molecule has 0 amide bonds. The minimum Gasteiger partial charge on any atom is -0.381 e. The van der Waals surface area contributed by atoms with Crippen molar-refractivity contribution in [2.45, 2.75) is 45.8 Å². The van der Waals surface area contributed by atoms with Crippen molar-refractivity contribution in [3.8, 4) is 0 Å². The van der Waals surface area contributed by atoms with E-state index in [9.17, 15) is 8.42 Å². The minimum atomic E-state index is -3.26. The summed E-state index contributed by atoms with van der Waals surface area (Å²) in [4.78, 5) is 0. The summed E-state index contributed by atoms with van der Waals surface area (Å²) in [5, 5.41) is 3.39. The van der Waals surface area contributed by atoms with Gasteiger partial charge in [-0.3, -0.25) is 0 Å². The molecule has 1 aliphatic rings. The van der Waals surface area contributed by atoms with Crippen LogP contribution in [0, 0.1) is 5.41 Å². The van der Waals surface area contributed by atoms with E-state index >= 15 is 0 Å². The van der Waals surface area contributed by atoms with Crippen molar-refractivity contribution in [1.82, 2.24) is 10.0 Å². The molecule has 1 rings (SSSR count). The number of methoxy groups -OCH3 is 1. The summed E-state index contributed by atoms with van der Waals surface area (Å²) in [7, 11) is -1.74. The van der Waals surface area contributed by atoms with E-state index < -0.39 is 10.0 Å². The maximum absolute atomic E-state index is 11.8. The molecule has 1 saturated heterocycles. The van der Waals surface area contributed by atoms with Crippen LogP contribution in [0.1, 0.15) is 33.6 Å². The summed E-state index contributed by atoms with van der Waals surface area (Å²) in [5.74, 6) is 0.0106. The van der Waals surface area contributed by atoms with Gasteiger partial charge in [0.1, 0.15) is 0 Å². The number of hydrogen-bond acceptors (Lipinski definition) is 4. The molecule has 116 valence electrons. The predicted molar refractivity (Wildman–Crippen MR) is 80.3 cm³/mol. The Morgan fingerprint density at radius 2 is 2.11 bits per heavy atom. The highest BCUT2D eigenvalue weighted by molar-refractivity contribution is 7.89. The molecule has 2 atom stereocenters. The van der Waals surface area contributed by atoms with Crippen molar-refractivity contribution in [3.63, 3.8) is 0 Å². The summed E-state index contributed by atoms with van der Waals surface area (Å²) in [5.41, 5.74) is 0.133. The van der Waals surface area contributed by atoms with Crippen molar-refractivity contribution in [3.05, 3.63) is 0 Å². The summed E-state index contributed by atoms with van der Waals surface area (Å²) in [6, 6.07) is 0.193. The third-order valence-corrected chi connectivity index (χ3v) is 5.21. The van der Waals surface area contributed by atoms with Gasteiger partial charge in [0.2, 0.25) is 10.0 Å². The molecule has 1 heterocycles. The van der Waals surface area contributed by atoms with Gasteiger partial charge in [-0.1, -0.05) is 13.8 Å². The molecule has 0 spiro atoms. The van der Waals surface area contributed by atoms with E-state index in [4.69, 9.17) is 4.74 Å². The Morgan fingerprint density at radius 3 is 2.63 bits per heavy atom. The molecule has 1 aliphatic heterocycles. The van der Waals surface area contributed by atoms with Crippen molar-refractivity contribution in [1.29, 1.82) is 0 Å². The lowest BCUT2D eigenvalue weighted by molar-refractivity contribution is 0.136. The number of halogens is 1. The predicted octanol–water partition coefficient (Wildman–Crippen LogP) is 1.14. The van der Waals surface area contributed by atoms with Crippen molar-refractivity contribution in [2.75, 3.05) is 26.0 Å². The molecule has 7 heteroatoms. The van der Waals surface area contributed by atoms with Gasteiger partial charge in [0.15, 0.2) is 0 Å². The van der Waals surface area contributed by atoms with Gasteiger partial charge < -0.3 is 10.1 Å². The Bertz CT molecular complexity index is 360. The third kappa shape index (κ3) is 6.40. The first-order chi connectivity index (χ1) is 8.27. The highest BCUT2D eigenvalue weighted by Crippen LogP contribution is 2.29. The van der Waals surface area contributed by atoms with Crippen LogP contribution in [-0.4, -0.2) is 46.5 Å². The Labute approximate surface area is 123 Å². The quantitative estimate of drug-likeness (QED) is 0.771. The number of piperidine rings is 1. The maximum atomic E-state index is 11.8. The largest absolute Gasteiger partial charge is 0.381 e. The Balaban J connectivity index is 0.00000324. The van der Waals surface area contributed by atoms with Gasteiger partial charge in [-0.15, -0.1) is 12.4 Å². The third-order valence-electron chi connectivity index (χ3n) is 3.70. The van der Waals surface area contributed by atoms with E-state index in [1.807, 2.05) is 0 Å². The first-order valence-electron chi connectivity index (χ1n) is 6.50. The SMILES string of the molecule is COC(C)CS(=O)(=O)NCC1NCCCC1(C)C.Cl. The molecule has 2 N–H and O–H groups in total. The number of sulfonamides is 1. The van der Waals surface area contributed by atoms with Crippen LogP contribution >= 0.6 is 12.4 Å². The lowest BCUT2D eigenvalue weighted by atomic mass is 9.78. The topological polar surface area (TPSA) is 67.4 Å². The molecule has 0 saturated carbocycles. The molecule has 0 radical (unpaired) electrons. The molecule has 0 aliphatic carbocycles. The molecule has 0 aromatic heterocycles. The van der Waals surface area contributed by atoms with E-state index in [0.29, 0.717) is 6.54 Å². The molecular formula is C12H27ClN2O3S. The van der Waals surface area contributed by atoms with Gasteiger partial charge in [-0.2, -0.15) is 0 Å². The number of nitrogens with one attached hydrogen (secondary N) is 2. The average molecular weight is 315 g/mol. The fourth-order valence-electron chi connectivity index (χ4n) is 2.27. The van der Waals surface area contributed by atoms with E-state index in [1.54, 1.807) is 6.92 Å². The van der Waals surface area contributed by atoms with E-state index in [2.05, 4.69) is 23.9 Å². The molecule has 0 bridgehead atoms. The zero-order chi connectivity index (χ0) is 13.8. The van der Waals surface area contributed by atoms with Crippen LogP contribution in [0.25, 0.3) is 0 Å². The van der Waals surface area contributed by atoms with Crippen molar-refractivity contribution in [2.24, 2.45) is 5.41 Å². The Morgan fingerprint density at radius 1 is 1.47 bits per heavy atom. The van der Waals surface area contributed by atoms with Crippen LogP contribution in [0.5, 0.6) is 0 Å². The molecular weight excluding hydrogens is 288 g/mol. The van der Waals surface area contributed by atoms with Crippen LogP contribution in [0.3, 0.4) is 0 Å². The molecule has 2 unspecified atom stereocenters. The molecule has 0 aromatic carbocycles. The van der Waals surface area contributed by atoms with Crippen molar-refractivity contribution >= 4 is 22.4 Å². The first-order valence-corrected chi connectivity index (χ1v) is 8.15. The molecule has 5 nitrogen and oxygen atoms in total. The standard InChI is InChI=1S/C12H26N2O3S.ClH/c1-10(17-4)9-18(15,16)14-8-11-12(2,3)6-5-7-13-11;/h10-11,13-14H,5-9H2,1-4H3;1H. The monoisotopic (exact) mass is 314 g/mol. The minimum absolute atomic E-state index is 0. The number of ether oxygens (including phenoxy) is 1. The van der Waals surface area contributed by atoms with Gasteiger partial charge in [-0.25, -0.2) is 13.1 Å². The highest BCUT2D eigenvalue weighted by Gasteiger charge is 2.32. The second kappa shape index (κ2) is 7.78. The van der Waals surface area contributed by atoms with Gasteiger partial charge in [0.25, 0.3) is 0 Å². The van der Waals surface area contributed by atoms with Gasteiger partial charge in [0.05, 0.1) is 11.9 Å². The van der Waals surface area contributed by atoms with Gasteiger partial charge in [0, 0.05) is 19.7 Å². The molecule has 19 heavy (non-hydrogen) atoms. The normalized spacial score (nSPS) is 24.5. The Kier molecular flexibility index (Phi) is 7.83. The Hall–Kier alpha value is 0.120. The number of rotatable bonds is 6. The second-order valence-corrected chi connectivity index (χ2v) is 7.63. The second-order valence-electron chi connectivity index (χ2n) is 5.78. The smallest absolute Gasteiger partial charge is 0.214 e. The fraction of sp³-hybridized carbons (Fsp3) is 1.00. The zero-order valence-corrected chi connectivity index (χ0v) is 13.9. The highest BCUT2D eigenvalue weighted by atomic mass is 35.5. The van der Waals surface area contributed by atoms with Crippen molar-refractivity contribution < 1.29 is 13.2 Å². The molecule has 0 aromatic rings. The van der Waals surface area contributed by atoms with E-state index in [-0.39, 0.29) is 35.7 Å². The van der Waals surface area contributed by atoms with E-state index in [1.165, 1.54) is 7.11 Å². The zero-order valence-electron chi connectivity index (χ0n) is 12.2. The summed E-state index contributed by atoms with van der Waals surface area (Å²) >= 11 is 0. The molecule has 1 fully saturated rings. The van der Waals surface area contributed by atoms with Crippen LogP contribution < -0.4 is 10.0 Å². The summed E-state index contributed by atoms with van der Waals surface area (Å²) in [6.45, 7) is 7.52. The van der Waals surface area contributed by atoms with Crippen LogP contribution in [0.2, 0.25) is 0 Å². The lowest BCUT2D eigenvalue weighted by Gasteiger charge is -2.39. The van der Waals surface area contributed by atoms with E-state index in [0.717, 1.165) is 19.4 Å². The van der Waals surface area contributed by atoms with Gasteiger partial charge in [-0.05, 0) is 31.7 Å².